The highest BCUT2D eigenvalue weighted by Gasteiger charge is 2.24. The molecule has 2 aliphatic heterocycles. The number of aromatic nitrogens is 3. The molecular formula is C15H21N5O3S. The van der Waals surface area contributed by atoms with Crippen molar-refractivity contribution in [2.45, 2.75) is 44.3 Å². The van der Waals surface area contributed by atoms with Gasteiger partial charge in [-0.2, -0.15) is 0 Å². The first-order valence-electron chi connectivity index (χ1n) is 8.18. The van der Waals surface area contributed by atoms with Crippen LogP contribution in [0.25, 0.3) is 0 Å². The molecule has 0 spiro atoms. The fraction of sp³-hybridized carbons (Fsp3) is 0.600. The summed E-state index contributed by atoms with van der Waals surface area (Å²) in [5.41, 5.74) is 1.03. The van der Waals surface area contributed by atoms with E-state index in [4.69, 9.17) is 4.74 Å². The first-order valence-corrected chi connectivity index (χ1v) is 9.16. The molecule has 0 aliphatic carbocycles. The van der Waals surface area contributed by atoms with Crippen LogP contribution in [0.3, 0.4) is 0 Å². The van der Waals surface area contributed by atoms with Gasteiger partial charge < -0.3 is 19.9 Å². The number of urea groups is 1. The van der Waals surface area contributed by atoms with E-state index in [0.29, 0.717) is 23.6 Å². The Hall–Kier alpha value is -2.03. The predicted molar refractivity (Wildman–Crippen MR) is 88.5 cm³/mol. The number of carbonyl (C=O) groups is 2. The quantitative estimate of drug-likeness (QED) is 0.611. The largest absolute Gasteiger partial charge is 0.463 e. The number of aryl methyl sites for hydroxylation is 1. The Bertz CT molecular complexity index is 670. The Morgan fingerprint density at radius 3 is 3.04 bits per heavy atom. The maximum Gasteiger partial charge on any atom is 0.337 e. The Kier molecular flexibility index (Phi) is 5.39. The Balaban J connectivity index is 1.75. The van der Waals surface area contributed by atoms with E-state index in [2.05, 4.69) is 25.4 Å². The second-order valence-corrected chi connectivity index (χ2v) is 6.58. The van der Waals surface area contributed by atoms with Gasteiger partial charge in [0.1, 0.15) is 5.82 Å². The summed E-state index contributed by atoms with van der Waals surface area (Å²) in [5, 5.41) is 14.7. The third kappa shape index (κ3) is 3.72. The zero-order valence-corrected chi connectivity index (χ0v) is 14.4. The maximum atomic E-state index is 12.0. The minimum absolute atomic E-state index is 0.179. The number of rotatable bonds is 5. The number of nitrogens with zero attached hydrogens (tertiary/aromatic N) is 3. The summed E-state index contributed by atoms with van der Waals surface area (Å²) in [7, 11) is 0. The summed E-state index contributed by atoms with van der Waals surface area (Å²) in [5.74, 6) is 1.06. The smallest absolute Gasteiger partial charge is 0.337 e. The van der Waals surface area contributed by atoms with Crippen LogP contribution in [0, 0.1) is 0 Å². The zero-order chi connectivity index (χ0) is 16.9. The van der Waals surface area contributed by atoms with Crippen molar-refractivity contribution in [2.75, 3.05) is 18.9 Å². The molecule has 0 atom stereocenters. The number of fused-ring (bicyclic) bond motifs is 1. The van der Waals surface area contributed by atoms with Crippen LogP contribution in [0.5, 0.6) is 0 Å². The van der Waals surface area contributed by atoms with Crippen LogP contribution in [0.2, 0.25) is 0 Å². The molecule has 130 valence electrons. The van der Waals surface area contributed by atoms with E-state index in [1.54, 1.807) is 6.92 Å². The normalized spacial score (nSPS) is 17.6. The molecule has 0 aromatic carbocycles. The van der Waals surface area contributed by atoms with E-state index in [0.717, 1.165) is 36.8 Å². The van der Waals surface area contributed by atoms with Crippen LogP contribution in [-0.4, -0.2) is 45.7 Å². The molecule has 3 heterocycles. The van der Waals surface area contributed by atoms with Crippen molar-refractivity contribution < 1.29 is 14.3 Å². The molecule has 2 amide bonds. The van der Waals surface area contributed by atoms with Gasteiger partial charge in [0, 0.05) is 24.4 Å². The van der Waals surface area contributed by atoms with Crippen molar-refractivity contribution in [3.05, 3.63) is 17.1 Å². The lowest BCUT2D eigenvalue weighted by Gasteiger charge is -2.21. The highest BCUT2D eigenvalue weighted by Crippen LogP contribution is 2.24. The second-order valence-electron chi connectivity index (χ2n) is 5.64. The predicted octanol–water partition coefficient (Wildman–Crippen LogP) is 1.23. The standard InChI is InChI=1S/C15H21N5O3S/c1-2-23-13(21)10-8-16-14(22)17-11(10)9-24-15-19-18-12-6-4-3-5-7-20(12)15/h2-9H2,1H3,(H2,16,17,22). The molecule has 0 fully saturated rings. The molecule has 2 aliphatic rings. The highest BCUT2D eigenvalue weighted by atomic mass is 32.2. The third-order valence-electron chi connectivity index (χ3n) is 4.00. The summed E-state index contributed by atoms with van der Waals surface area (Å²) in [6, 6.07) is -0.307. The zero-order valence-electron chi connectivity index (χ0n) is 13.6. The first kappa shape index (κ1) is 16.8. The van der Waals surface area contributed by atoms with Crippen molar-refractivity contribution in [3.8, 4) is 0 Å². The SMILES string of the molecule is CCOC(=O)C1=C(CSc2nnc3n2CCCCC3)NC(=O)NC1. The van der Waals surface area contributed by atoms with E-state index in [1.807, 2.05) is 0 Å². The van der Waals surface area contributed by atoms with E-state index in [9.17, 15) is 9.59 Å². The summed E-state index contributed by atoms with van der Waals surface area (Å²) >= 11 is 1.48. The molecule has 0 radical (unpaired) electrons. The summed E-state index contributed by atoms with van der Waals surface area (Å²) < 4.78 is 7.20. The van der Waals surface area contributed by atoms with Gasteiger partial charge in [0.25, 0.3) is 0 Å². The van der Waals surface area contributed by atoms with Gasteiger partial charge in [-0.1, -0.05) is 18.2 Å². The minimum Gasteiger partial charge on any atom is -0.463 e. The van der Waals surface area contributed by atoms with Gasteiger partial charge in [0.05, 0.1) is 18.7 Å². The van der Waals surface area contributed by atoms with Gasteiger partial charge in [-0.15, -0.1) is 10.2 Å². The van der Waals surface area contributed by atoms with Gasteiger partial charge in [-0.05, 0) is 19.8 Å². The van der Waals surface area contributed by atoms with E-state index >= 15 is 0 Å². The number of hydrogen-bond acceptors (Lipinski definition) is 6. The van der Waals surface area contributed by atoms with Crippen molar-refractivity contribution in [1.29, 1.82) is 0 Å². The number of nitrogens with one attached hydrogen (secondary N) is 2. The molecule has 0 unspecified atom stereocenters. The van der Waals surface area contributed by atoms with Gasteiger partial charge in [-0.3, -0.25) is 0 Å². The van der Waals surface area contributed by atoms with Crippen molar-refractivity contribution in [3.63, 3.8) is 0 Å². The number of carbonyl (C=O) groups excluding carboxylic acids is 2. The van der Waals surface area contributed by atoms with Crippen molar-refractivity contribution >= 4 is 23.8 Å². The number of amides is 2. The molecule has 8 nitrogen and oxygen atoms in total. The Morgan fingerprint density at radius 2 is 2.21 bits per heavy atom. The van der Waals surface area contributed by atoms with Crippen LogP contribution in [0.15, 0.2) is 16.4 Å². The minimum atomic E-state index is -0.402. The van der Waals surface area contributed by atoms with Crippen LogP contribution < -0.4 is 10.6 Å². The summed E-state index contributed by atoms with van der Waals surface area (Å²) in [4.78, 5) is 23.6. The number of hydrogen-bond donors (Lipinski definition) is 2. The maximum absolute atomic E-state index is 12.0. The van der Waals surface area contributed by atoms with Crippen molar-refractivity contribution in [2.24, 2.45) is 0 Å². The van der Waals surface area contributed by atoms with Gasteiger partial charge >= 0.3 is 12.0 Å². The van der Waals surface area contributed by atoms with E-state index in [-0.39, 0.29) is 12.6 Å². The monoisotopic (exact) mass is 351 g/mol. The fourth-order valence-corrected chi connectivity index (χ4v) is 3.74. The lowest BCUT2D eigenvalue weighted by molar-refractivity contribution is -0.138. The molecule has 3 rings (SSSR count). The van der Waals surface area contributed by atoms with E-state index in [1.165, 1.54) is 18.2 Å². The van der Waals surface area contributed by atoms with Crippen LogP contribution in [0.1, 0.15) is 32.0 Å². The van der Waals surface area contributed by atoms with Crippen molar-refractivity contribution in [1.82, 2.24) is 25.4 Å². The molecule has 0 bridgehead atoms. The third-order valence-corrected chi connectivity index (χ3v) is 4.99. The molecule has 1 aromatic heterocycles. The lowest BCUT2D eigenvalue weighted by Crippen LogP contribution is -2.44. The highest BCUT2D eigenvalue weighted by molar-refractivity contribution is 7.99. The molecular weight excluding hydrogens is 330 g/mol. The fourth-order valence-electron chi connectivity index (χ4n) is 2.77. The molecule has 9 heteroatoms. The van der Waals surface area contributed by atoms with Gasteiger partial charge in [0.2, 0.25) is 0 Å². The second kappa shape index (κ2) is 7.69. The average Bonchev–Trinajstić information content (AvgIpc) is 2.80. The van der Waals surface area contributed by atoms with Gasteiger partial charge in [-0.25, -0.2) is 9.59 Å². The van der Waals surface area contributed by atoms with E-state index < -0.39 is 5.97 Å². The molecule has 1 aromatic rings. The average molecular weight is 351 g/mol. The molecule has 2 N–H and O–H groups in total. The Morgan fingerprint density at radius 1 is 1.33 bits per heavy atom. The van der Waals surface area contributed by atoms with Crippen LogP contribution >= 0.6 is 11.8 Å². The number of esters is 1. The Labute approximate surface area is 144 Å². The lowest BCUT2D eigenvalue weighted by atomic mass is 10.2. The molecule has 0 saturated heterocycles. The number of ether oxygens (including phenoxy) is 1. The molecule has 0 saturated carbocycles. The van der Waals surface area contributed by atoms with Crippen LogP contribution in [-0.2, 0) is 22.5 Å². The van der Waals surface area contributed by atoms with Crippen LogP contribution in [0.4, 0.5) is 4.79 Å². The first-order chi connectivity index (χ1) is 11.7. The summed E-state index contributed by atoms with van der Waals surface area (Å²) in [6.45, 7) is 3.16. The summed E-state index contributed by atoms with van der Waals surface area (Å²) in [6.07, 6.45) is 4.41. The molecule has 24 heavy (non-hydrogen) atoms. The topological polar surface area (TPSA) is 98.1 Å². The van der Waals surface area contributed by atoms with Gasteiger partial charge in [0.15, 0.2) is 5.16 Å². The number of thioether (sulfide) groups is 1.